The fourth-order valence-electron chi connectivity index (χ4n) is 1.69. The maximum Gasteiger partial charge on any atom is 0.297 e. The van der Waals surface area contributed by atoms with Crippen LogP contribution in [-0.4, -0.2) is 30.0 Å². The molecule has 142 valence electrons. The number of rotatable bonds is 7. The normalized spacial score (nSPS) is 12.3. The first-order valence-electron chi connectivity index (χ1n) is 6.72. The lowest BCUT2D eigenvalue weighted by atomic mass is 10.4. The Balaban J connectivity index is 1.98. The lowest BCUT2D eigenvalue weighted by Gasteiger charge is -2.08. The highest BCUT2D eigenvalue weighted by atomic mass is 79.9. The fraction of sp³-hybridized carbons (Fsp3) is 0.143. The maximum atomic E-state index is 12.1. The fourth-order valence-corrected chi connectivity index (χ4v) is 5.08. The van der Waals surface area contributed by atoms with Gasteiger partial charge in [0, 0.05) is 17.9 Å². The van der Waals surface area contributed by atoms with Crippen molar-refractivity contribution in [3.63, 3.8) is 0 Å². The van der Waals surface area contributed by atoms with E-state index in [1.165, 1.54) is 24.3 Å². The molecule has 6 nitrogen and oxygen atoms in total. The van der Waals surface area contributed by atoms with Gasteiger partial charge in [0.2, 0.25) is 0 Å². The average Bonchev–Trinajstić information content (AvgIpc) is 2.56. The van der Waals surface area contributed by atoms with Gasteiger partial charge in [0.15, 0.2) is 0 Å². The van der Waals surface area contributed by atoms with Crippen LogP contribution in [0.15, 0.2) is 64.1 Å². The van der Waals surface area contributed by atoms with Gasteiger partial charge in [-0.15, -0.1) is 0 Å². The maximum absolute atomic E-state index is 12.1. The predicted octanol–water partition coefficient (Wildman–Crippen LogP) is 4.85. The molecule has 0 saturated heterocycles. The monoisotopic (exact) mass is 654 g/mol. The molecule has 0 spiro atoms. The molecule has 12 heteroatoms. The summed E-state index contributed by atoms with van der Waals surface area (Å²) < 4.78 is 60.5. The Labute approximate surface area is 185 Å². The van der Waals surface area contributed by atoms with Crippen molar-refractivity contribution in [2.75, 3.05) is 13.2 Å². The van der Waals surface area contributed by atoms with Gasteiger partial charge in [0.1, 0.15) is 0 Å². The van der Waals surface area contributed by atoms with Gasteiger partial charge in [-0.25, -0.2) is 0 Å². The minimum absolute atomic E-state index is 0.0627. The van der Waals surface area contributed by atoms with E-state index in [1.54, 1.807) is 12.1 Å². The van der Waals surface area contributed by atoms with Crippen LogP contribution in [0.1, 0.15) is 0 Å². The van der Waals surface area contributed by atoms with E-state index in [4.69, 9.17) is 8.37 Å². The summed E-state index contributed by atoms with van der Waals surface area (Å²) in [5, 5.41) is 0. The molecule has 0 bridgehead atoms. The Bertz CT molecular complexity index is 938. The highest BCUT2D eigenvalue weighted by Crippen LogP contribution is 2.27. The lowest BCUT2D eigenvalue weighted by molar-refractivity contribution is 0.224. The summed E-state index contributed by atoms with van der Waals surface area (Å²) in [6, 6.07) is 8.56. The summed E-state index contributed by atoms with van der Waals surface area (Å²) in [7, 11) is -8.07. The van der Waals surface area contributed by atoms with Gasteiger partial charge in [0.25, 0.3) is 20.2 Å². The molecule has 0 fully saturated rings. The van der Waals surface area contributed by atoms with Crippen molar-refractivity contribution >= 4 is 84.0 Å². The van der Waals surface area contributed by atoms with Gasteiger partial charge in [-0.2, -0.15) is 16.8 Å². The molecule has 2 rings (SSSR count). The van der Waals surface area contributed by atoms with Crippen LogP contribution >= 0.6 is 63.7 Å². The zero-order valence-electron chi connectivity index (χ0n) is 12.7. The summed E-state index contributed by atoms with van der Waals surface area (Å²) in [6.07, 6.45) is 0. The Hall–Kier alpha value is 0.180. The van der Waals surface area contributed by atoms with E-state index >= 15 is 0 Å². The third kappa shape index (κ3) is 5.84. The number of hydrogen-bond acceptors (Lipinski definition) is 6. The van der Waals surface area contributed by atoms with E-state index < -0.39 is 33.5 Å². The van der Waals surface area contributed by atoms with E-state index in [0.29, 0.717) is 17.9 Å². The predicted molar refractivity (Wildman–Crippen MR) is 110 cm³/mol. The van der Waals surface area contributed by atoms with E-state index in [1.807, 2.05) is 0 Å². The van der Waals surface area contributed by atoms with Crippen molar-refractivity contribution in [3.05, 3.63) is 54.3 Å². The zero-order chi connectivity index (χ0) is 19.5. The first kappa shape index (κ1) is 22.5. The van der Waals surface area contributed by atoms with Crippen molar-refractivity contribution in [1.82, 2.24) is 0 Å². The van der Waals surface area contributed by atoms with Gasteiger partial charge in [-0.05, 0) is 100 Å². The van der Waals surface area contributed by atoms with Crippen molar-refractivity contribution in [2.24, 2.45) is 0 Å². The molecule has 2 aromatic rings. The quantitative estimate of drug-likeness (QED) is 0.313. The summed E-state index contributed by atoms with van der Waals surface area (Å²) in [4.78, 5) is -0.125. The molecule has 0 unspecified atom stereocenters. The first-order chi connectivity index (χ1) is 12.0. The second kappa shape index (κ2) is 9.12. The molecule has 0 N–H and O–H groups in total. The van der Waals surface area contributed by atoms with Crippen LogP contribution < -0.4 is 0 Å². The molecule has 0 heterocycles. The number of halogens is 4. The average molecular weight is 658 g/mol. The second-order valence-electron chi connectivity index (χ2n) is 4.70. The van der Waals surface area contributed by atoms with Crippen LogP contribution in [0.3, 0.4) is 0 Å². The number of benzene rings is 2. The molecular formula is C14H10Br4O6S2. The SMILES string of the molecule is O=S(=O)(OCCOS(=O)(=O)c1ccc(Br)c(Br)c1)c1ccc(Br)c(Br)c1. The molecule has 0 aliphatic heterocycles. The molecule has 0 atom stereocenters. The topological polar surface area (TPSA) is 86.7 Å². The molecule has 0 aliphatic rings. The molecule has 0 radical (unpaired) electrons. The van der Waals surface area contributed by atoms with Crippen LogP contribution in [0.5, 0.6) is 0 Å². The van der Waals surface area contributed by atoms with Gasteiger partial charge < -0.3 is 0 Å². The Morgan fingerprint density at radius 2 is 0.962 bits per heavy atom. The van der Waals surface area contributed by atoms with E-state index in [0.717, 1.165) is 0 Å². The molecule has 0 aromatic heterocycles. The third-order valence-corrected chi connectivity index (χ3v) is 9.30. The van der Waals surface area contributed by atoms with Crippen molar-refractivity contribution < 1.29 is 25.2 Å². The number of hydrogen-bond donors (Lipinski definition) is 0. The van der Waals surface area contributed by atoms with Gasteiger partial charge in [-0.1, -0.05) is 0 Å². The van der Waals surface area contributed by atoms with Crippen LogP contribution in [0.2, 0.25) is 0 Å². The van der Waals surface area contributed by atoms with E-state index in [2.05, 4.69) is 63.7 Å². The van der Waals surface area contributed by atoms with Gasteiger partial charge in [0.05, 0.1) is 23.0 Å². The van der Waals surface area contributed by atoms with Crippen molar-refractivity contribution in [3.8, 4) is 0 Å². The zero-order valence-corrected chi connectivity index (χ0v) is 20.6. The Kier molecular flexibility index (Phi) is 7.88. The van der Waals surface area contributed by atoms with Crippen LogP contribution in [0.4, 0.5) is 0 Å². The minimum atomic E-state index is -4.03. The van der Waals surface area contributed by atoms with Crippen molar-refractivity contribution in [1.29, 1.82) is 0 Å². The third-order valence-electron chi connectivity index (χ3n) is 2.92. The summed E-state index contributed by atoms with van der Waals surface area (Å²) in [5.74, 6) is 0. The van der Waals surface area contributed by atoms with Crippen molar-refractivity contribution in [2.45, 2.75) is 9.79 Å². The van der Waals surface area contributed by atoms with E-state index in [-0.39, 0.29) is 9.79 Å². The highest BCUT2D eigenvalue weighted by Gasteiger charge is 2.19. The molecular weight excluding hydrogens is 648 g/mol. The molecule has 2 aromatic carbocycles. The second-order valence-corrected chi connectivity index (χ2v) is 11.4. The standard InChI is InChI=1S/C14H10Br4O6S2/c15-11-3-1-9(7-13(11)17)25(19,20)23-5-6-24-26(21,22)10-2-4-12(16)14(18)8-10/h1-4,7-8H,5-6H2. The minimum Gasteiger partial charge on any atom is -0.264 e. The van der Waals surface area contributed by atoms with Crippen LogP contribution in [0.25, 0.3) is 0 Å². The summed E-state index contributed by atoms with van der Waals surface area (Å²) in [6.45, 7) is -0.903. The van der Waals surface area contributed by atoms with Gasteiger partial charge in [-0.3, -0.25) is 8.37 Å². The van der Waals surface area contributed by atoms with Crippen LogP contribution in [0, 0.1) is 0 Å². The molecule has 0 saturated carbocycles. The largest absolute Gasteiger partial charge is 0.297 e. The first-order valence-corrected chi connectivity index (χ1v) is 12.7. The summed E-state index contributed by atoms with van der Waals surface area (Å²) >= 11 is 12.9. The van der Waals surface area contributed by atoms with Crippen LogP contribution in [-0.2, 0) is 28.6 Å². The van der Waals surface area contributed by atoms with Gasteiger partial charge >= 0.3 is 0 Å². The molecule has 0 aliphatic carbocycles. The Morgan fingerprint density at radius 1 is 0.615 bits per heavy atom. The Morgan fingerprint density at radius 3 is 1.27 bits per heavy atom. The molecule has 26 heavy (non-hydrogen) atoms. The van der Waals surface area contributed by atoms with E-state index in [9.17, 15) is 16.8 Å². The highest BCUT2D eigenvalue weighted by molar-refractivity contribution is 9.13. The summed E-state index contributed by atoms with van der Waals surface area (Å²) in [5.41, 5.74) is 0. The lowest BCUT2D eigenvalue weighted by Crippen LogP contribution is -2.15. The molecule has 0 amide bonds. The smallest absolute Gasteiger partial charge is 0.264 e.